The quantitative estimate of drug-likeness (QED) is 0.834. The van der Waals surface area contributed by atoms with Crippen molar-refractivity contribution in [2.24, 2.45) is 0 Å². The van der Waals surface area contributed by atoms with Crippen molar-refractivity contribution in [1.82, 2.24) is 0 Å². The Labute approximate surface area is 129 Å². The summed E-state index contributed by atoms with van der Waals surface area (Å²) in [5.41, 5.74) is 4.70. The van der Waals surface area contributed by atoms with Gasteiger partial charge in [0.15, 0.2) is 0 Å². The summed E-state index contributed by atoms with van der Waals surface area (Å²) in [5, 5.41) is 18.6. The van der Waals surface area contributed by atoms with Crippen molar-refractivity contribution in [2.45, 2.75) is 25.4 Å². The van der Waals surface area contributed by atoms with E-state index in [2.05, 4.69) is 32.0 Å². The van der Waals surface area contributed by atoms with Crippen LogP contribution in [-0.4, -0.2) is 17.2 Å². The minimum Gasteiger partial charge on any atom is -0.423 e. The van der Waals surface area contributed by atoms with Gasteiger partial charge >= 0.3 is 7.12 Å². The van der Waals surface area contributed by atoms with E-state index in [4.69, 9.17) is 0 Å². The summed E-state index contributed by atoms with van der Waals surface area (Å²) in [7, 11) is -1.64. The third-order valence-corrected chi connectivity index (χ3v) is 4.25. The number of rotatable bonds is 5. The molecule has 0 bridgehead atoms. The second-order valence-electron chi connectivity index (χ2n) is 5.21. The summed E-state index contributed by atoms with van der Waals surface area (Å²) in [6.45, 7) is 4.14. The fourth-order valence-corrected chi connectivity index (χ4v) is 3.36. The highest BCUT2D eigenvalue weighted by Gasteiger charge is 2.16. The van der Waals surface area contributed by atoms with Gasteiger partial charge in [-0.3, -0.25) is 0 Å². The van der Waals surface area contributed by atoms with Crippen LogP contribution in [0.3, 0.4) is 0 Å². The second-order valence-corrected chi connectivity index (χ2v) is 6.19. The van der Waals surface area contributed by atoms with Gasteiger partial charge in [-0.15, -0.1) is 0 Å². The summed E-state index contributed by atoms with van der Waals surface area (Å²) in [6.07, 6.45) is 0. The lowest BCUT2D eigenvalue weighted by Crippen LogP contribution is -2.33. The van der Waals surface area contributed by atoms with E-state index in [0.29, 0.717) is 5.75 Å². The highest BCUT2D eigenvalue weighted by molar-refractivity contribution is 7.97. The van der Waals surface area contributed by atoms with Gasteiger partial charge in [0.25, 0.3) is 0 Å². The maximum atomic E-state index is 13.2. The first kappa shape index (κ1) is 16.1. The minimum atomic E-state index is -1.64. The molecule has 0 aromatic heterocycles. The Balaban J connectivity index is 2.03. The van der Waals surface area contributed by atoms with Gasteiger partial charge in [-0.25, -0.2) is 4.39 Å². The molecule has 0 unspecified atom stereocenters. The van der Waals surface area contributed by atoms with Crippen LogP contribution >= 0.6 is 11.8 Å². The number of hydrogen-bond donors (Lipinski definition) is 2. The Morgan fingerprint density at radius 2 is 1.67 bits per heavy atom. The fourth-order valence-electron chi connectivity index (χ4n) is 2.37. The maximum absolute atomic E-state index is 13.2. The summed E-state index contributed by atoms with van der Waals surface area (Å²) in [6, 6.07) is 10.6. The molecule has 0 fully saturated rings. The Morgan fingerprint density at radius 1 is 1.00 bits per heavy atom. The molecule has 0 aliphatic heterocycles. The lowest BCUT2D eigenvalue weighted by atomic mass is 9.77. The van der Waals surface area contributed by atoms with Crippen LogP contribution in [0.25, 0.3) is 0 Å². The minimum absolute atomic E-state index is 0.239. The van der Waals surface area contributed by atoms with Crippen LogP contribution in [-0.2, 0) is 11.5 Å². The Kier molecular flexibility index (Phi) is 5.45. The summed E-state index contributed by atoms with van der Waals surface area (Å²) >= 11 is 1.67. The molecule has 0 atom stereocenters. The SMILES string of the molecule is Cc1cc(C)cc(CSCc2ccc(F)cc2B(O)O)c1. The van der Waals surface area contributed by atoms with Gasteiger partial charge in [0, 0.05) is 11.5 Å². The van der Waals surface area contributed by atoms with Crippen molar-refractivity contribution in [2.75, 3.05) is 0 Å². The van der Waals surface area contributed by atoms with Crippen molar-refractivity contribution >= 4 is 24.3 Å². The van der Waals surface area contributed by atoms with E-state index in [1.807, 2.05) is 0 Å². The first-order valence-electron chi connectivity index (χ1n) is 6.75. The van der Waals surface area contributed by atoms with Gasteiger partial charge in [0.1, 0.15) is 5.82 Å². The molecule has 0 aliphatic rings. The molecule has 2 nitrogen and oxygen atoms in total. The third kappa shape index (κ3) is 4.59. The molecule has 2 aromatic rings. The molecule has 0 saturated carbocycles. The molecule has 21 heavy (non-hydrogen) atoms. The van der Waals surface area contributed by atoms with Gasteiger partial charge in [-0.2, -0.15) is 11.8 Å². The first-order valence-corrected chi connectivity index (χ1v) is 7.90. The Hall–Kier alpha value is -1.30. The fraction of sp³-hybridized carbons (Fsp3) is 0.250. The van der Waals surface area contributed by atoms with Gasteiger partial charge in [-0.05, 0) is 42.6 Å². The predicted molar refractivity (Wildman–Crippen MR) is 87.1 cm³/mol. The van der Waals surface area contributed by atoms with Gasteiger partial charge in [0.05, 0.1) is 0 Å². The lowest BCUT2D eigenvalue weighted by Gasteiger charge is -2.09. The second kappa shape index (κ2) is 7.12. The molecule has 2 N–H and O–H groups in total. The number of halogens is 1. The van der Waals surface area contributed by atoms with Crippen LogP contribution in [0.5, 0.6) is 0 Å². The summed E-state index contributed by atoms with van der Waals surface area (Å²) < 4.78 is 13.2. The van der Waals surface area contributed by atoms with Crippen LogP contribution in [0.2, 0.25) is 0 Å². The number of hydrogen-bond acceptors (Lipinski definition) is 3. The smallest absolute Gasteiger partial charge is 0.423 e. The molecule has 0 amide bonds. The summed E-state index contributed by atoms with van der Waals surface area (Å²) in [5.74, 6) is 0.988. The van der Waals surface area contributed by atoms with Crippen molar-refractivity contribution in [3.63, 3.8) is 0 Å². The zero-order chi connectivity index (χ0) is 15.4. The number of thioether (sulfide) groups is 1. The van der Waals surface area contributed by atoms with Crippen molar-refractivity contribution < 1.29 is 14.4 Å². The average molecular weight is 304 g/mol. The molecule has 2 rings (SSSR count). The van der Waals surface area contributed by atoms with Crippen molar-refractivity contribution in [1.29, 1.82) is 0 Å². The van der Waals surface area contributed by atoms with Crippen molar-refractivity contribution in [3.8, 4) is 0 Å². The van der Waals surface area contributed by atoms with E-state index in [-0.39, 0.29) is 5.46 Å². The monoisotopic (exact) mass is 304 g/mol. The van der Waals surface area contributed by atoms with E-state index >= 15 is 0 Å². The molecule has 0 aliphatic carbocycles. The highest BCUT2D eigenvalue weighted by atomic mass is 32.2. The van der Waals surface area contributed by atoms with Crippen LogP contribution in [0.15, 0.2) is 36.4 Å². The lowest BCUT2D eigenvalue weighted by molar-refractivity contribution is 0.425. The van der Waals surface area contributed by atoms with Gasteiger partial charge in [-0.1, -0.05) is 35.4 Å². The van der Waals surface area contributed by atoms with Crippen LogP contribution in [0.4, 0.5) is 4.39 Å². The maximum Gasteiger partial charge on any atom is 0.488 e. The van der Waals surface area contributed by atoms with E-state index in [9.17, 15) is 14.4 Å². The van der Waals surface area contributed by atoms with Gasteiger partial charge in [0.2, 0.25) is 0 Å². The molecule has 0 spiro atoms. The van der Waals surface area contributed by atoms with Crippen LogP contribution in [0.1, 0.15) is 22.3 Å². The molecule has 110 valence electrons. The normalized spacial score (nSPS) is 10.7. The van der Waals surface area contributed by atoms with E-state index in [0.717, 1.165) is 11.3 Å². The Morgan fingerprint density at radius 3 is 2.29 bits per heavy atom. The standard InChI is InChI=1S/C16H18BFO2S/c1-11-5-12(2)7-13(6-11)9-21-10-14-3-4-15(18)8-16(14)17(19)20/h3-8,19-20H,9-10H2,1-2H3. The Bertz CT molecular complexity index is 611. The zero-order valence-electron chi connectivity index (χ0n) is 12.1. The first-order chi connectivity index (χ1) is 9.95. The molecule has 2 aromatic carbocycles. The highest BCUT2D eigenvalue weighted by Crippen LogP contribution is 2.19. The van der Waals surface area contributed by atoms with E-state index in [1.54, 1.807) is 17.8 Å². The number of benzene rings is 2. The largest absolute Gasteiger partial charge is 0.488 e. The van der Waals surface area contributed by atoms with E-state index < -0.39 is 12.9 Å². The van der Waals surface area contributed by atoms with Crippen LogP contribution in [0, 0.1) is 19.7 Å². The van der Waals surface area contributed by atoms with Gasteiger partial charge < -0.3 is 10.0 Å². The average Bonchev–Trinajstić information content (AvgIpc) is 2.39. The molecular weight excluding hydrogens is 286 g/mol. The topological polar surface area (TPSA) is 40.5 Å². The van der Waals surface area contributed by atoms with E-state index in [1.165, 1.54) is 28.8 Å². The third-order valence-electron chi connectivity index (χ3n) is 3.19. The van der Waals surface area contributed by atoms with Crippen LogP contribution < -0.4 is 5.46 Å². The molecule has 0 radical (unpaired) electrons. The predicted octanol–water partition coefficient (Wildman–Crippen LogP) is 2.56. The number of aryl methyl sites for hydroxylation is 2. The molecule has 0 heterocycles. The molecule has 0 saturated heterocycles. The molecule has 5 heteroatoms. The summed E-state index contributed by atoms with van der Waals surface area (Å²) in [4.78, 5) is 0. The van der Waals surface area contributed by atoms with Crippen molar-refractivity contribution in [3.05, 3.63) is 64.5 Å². The zero-order valence-corrected chi connectivity index (χ0v) is 13.0. The molecular formula is C16H18BFO2S.